The second-order valence-electron chi connectivity index (χ2n) is 8.41. The summed E-state index contributed by atoms with van der Waals surface area (Å²) in [6, 6.07) is 25.4. The molecule has 1 aliphatic rings. The smallest absolute Gasteiger partial charge is 0.270 e. The van der Waals surface area contributed by atoms with Crippen LogP contribution >= 0.6 is 0 Å². The van der Waals surface area contributed by atoms with Crippen LogP contribution in [0.15, 0.2) is 78.9 Å². The van der Waals surface area contributed by atoms with Crippen molar-refractivity contribution in [2.24, 2.45) is 0 Å². The summed E-state index contributed by atoms with van der Waals surface area (Å²) in [6.07, 6.45) is 0. The SMILES string of the molecule is CN(C)c1ccc([N+](=O)[O-])cc1C(=O)N1CCN(C(c2ccccc2)c2ccccc2)CC1. The Bertz CT molecular complexity index is 1070. The first-order valence-corrected chi connectivity index (χ1v) is 11.0. The van der Waals surface area contributed by atoms with Gasteiger partial charge in [0.1, 0.15) is 0 Å². The molecular formula is C26H28N4O3. The van der Waals surface area contributed by atoms with Crippen molar-refractivity contribution < 1.29 is 9.72 Å². The molecule has 1 saturated heterocycles. The maximum atomic E-state index is 13.4. The molecule has 1 fully saturated rings. The van der Waals surface area contributed by atoms with Crippen LogP contribution in [0.25, 0.3) is 0 Å². The van der Waals surface area contributed by atoms with E-state index in [1.165, 1.54) is 23.3 Å². The second kappa shape index (κ2) is 9.83. The Hall–Kier alpha value is -3.71. The summed E-state index contributed by atoms with van der Waals surface area (Å²) in [5, 5.41) is 11.3. The highest BCUT2D eigenvalue weighted by Gasteiger charge is 2.30. The van der Waals surface area contributed by atoms with Crippen molar-refractivity contribution in [1.82, 2.24) is 9.80 Å². The van der Waals surface area contributed by atoms with Gasteiger partial charge in [-0.05, 0) is 17.2 Å². The fourth-order valence-corrected chi connectivity index (χ4v) is 4.44. The van der Waals surface area contributed by atoms with Gasteiger partial charge in [0.25, 0.3) is 11.6 Å². The fourth-order valence-electron chi connectivity index (χ4n) is 4.44. The Morgan fingerprint density at radius 3 is 1.91 bits per heavy atom. The summed E-state index contributed by atoms with van der Waals surface area (Å²) in [6.45, 7) is 2.55. The third-order valence-corrected chi connectivity index (χ3v) is 6.10. The van der Waals surface area contributed by atoms with Gasteiger partial charge in [0, 0.05) is 58.1 Å². The molecule has 3 aromatic carbocycles. The van der Waals surface area contributed by atoms with E-state index in [0.29, 0.717) is 37.4 Å². The van der Waals surface area contributed by atoms with Gasteiger partial charge in [-0.15, -0.1) is 0 Å². The highest BCUT2D eigenvalue weighted by atomic mass is 16.6. The molecule has 1 amide bonds. The average Bonchev–Trinajstić information content (AvgIpc) is 2.85. The highest BCUT2D eigenvalue weighted by molar-refractivity contribution is 6.00. The van der Waals surface area contributed by atoms with Gasteiger partial charge >= 0.3 is 0 Å². The number of nitro groups is 1. The Morgan fingerprint density at radius 2 is 1.42 bits per heavy atom. The lowest BCUT2D eigenvalue weighted by Crippen LogP contribution is -2.50. The molecule has 3 aromatic rings. The van der Waals surface area contributed by atoms with Crippen LogP contribution in [0.2, 0.25) is 0 Å². The zero-order valence-corrected chi connectivity index (χ0v) is 18.9. The number of hydrogen-bond donors (Lipinski definition) is 0. The molecule has 0 N–H and O–H groups in total. The van der Waals surface area contributed by atoms with Gasteiger partial charge in [-0.3, -0.25) is 19.8 Å². The number of piperazine rings is 1. The molecule has 7 nitrogen and oxygen atoms in total. The summed E-state index contributed by atoms with van der Waals surface area (Å²) in [4.78, 5) is 30.2. The lowest BCUT2D eigenvalue weighted by molar-refractivity contribution is -0.384. The molecule has 0 aliphatic carbocycles. The Morgan fingerprint density at radius 1 is 0.879 bits per heavy atom. The number of non-ortho nitro benzene ring substituents is 1. The van der Waals surface area contributed by atoms with Crippen molar-refractivity contribution in [3.05, 3.63) is 106 Å². The summed E-state index contributed by atoms with van der Waals surface area (Å²) in [5.41, 5.74) is 3.41. The number of carbonyl (C=O) groups is 1. The molecular weight excluding hydrogens is 416 g/mol. The molecule has 1 aliphatic heterocycles. The molecule has 0 atom stereocenters. The van der Waals surface area contributed by atoms with Crippen molar-refractivity contribution in [2.45, 2.75) is 6.04 Å². The van der Waals surface area contributed by atoms with Crippen molar-refractivity contribution in [1.29, 1.82) is 0 Å². The van der Waals surface area contributed by atoms with Gasteiger partial charge in [0.15, 0.2) is 0 Å². The third-order valence-electron chi connectivity index (χ3n) is 6.10. The maximum Gasteiger partial charge on any atom is 0.270 e. The number of carbonyl (C=O) groups excluding carboxylic acids is 1. The van der Waals surface area contributed by atoms with Crippen LogP contribution in [0.4, 0.5) is 11.4 Å². The number of nitrogens with zero attached hydrogens (tertiary/aromatic N) is 4. The number of hydrogen-bond acceptors (Lipinski definition) is 5. The standard InChI is InChI=1S/C26H28N4O3/c1-27(2)24-14-13-22(30(32)33)19-23(24)26(31)29-17-15-28(16-18-29)25(20-9-5-3-6-10-20)21-11-7-4-8-12-21/h3-14,19,25H,15-18H2,1-2H3. The molecule has 7 heteroatoms. The van der Waals surface area contributed by atoms with Gasteiger partial charge in [-0.1, -0.05) is 60.7 Å². The minimum Gasteiger partial charge on any atom is -0.377 e. The topological polar surface area (TPSA) is 69.9 Å². The van der Waals surface area contributed by atoms with Crippen molar-refractivity contribution in [3.63, 3.8) is 0 Å². The van der Waals surface area contributed by atoms with E-state index in [1.807, 2.05) is 31.1 Å². The van der Waals surface area contributed by atoms with E-state index >= 15 is 0 Å². The Labute approximate surface area is 194 Å². The van der Waals surface area contributed by atoms with Gasteiger partial charge in [-0.2, -0.15) is 0 Å². The first-order valence-electron chi connectivity index (χ1n) is 11.0. The number of benzene rings is 3. The quantitative estimate of drug-likeness (QED) is 0.421. The monoisotopic (exact) mass is 444 g/mol. The largest absolute Gasteiger partial charge is 0.377 e. The van der Waals surface area contributed by atoms with Crippen LogP contribution in [0.3, 0.4) is 0 Å². The van der Waals surface area contributed by atoms with Crippen LogP contribution < -0.4 is 4.90 Å². The van der Waals surface area contributed by atoms with E-state index in [2.05, 4.69) is 53.4 Å². The van der Waals surface area contributed by atoms with Gasteiger partial charge in [0.05, 0.1) is 16.5 Å². The Balaban J connectivity index is 1.55. The van der Waals surface area contributed by atoms with Crippen LogP contribution in [0.1, 0.15) is 27.5 Å². The number of nitro benzene ring substituents is 1. The predicted molar refractivity (Wildman–Crippen MR) is 130 cm³/mol. The molecule has 4 rings (SSSR count). The first-order chi connectivity index (χ1) is 16.0. The minimum atomic E-state index is -0.460. The van der Waals surface area contributed by atoms with E-state index in [1.54, 1.807) is 11.0 Å². The summed E-state index contributed by atoms with van der Waals surface area (Å²) in [5.74, 6) is -0.168. The summed E-state index contributed by atoms with van der Waals surface area (Å²) in [7, 11) is 3.67. The summed E-state index contributed by atoms with van der Waals surface area (Å²) >= 11 is 0. The number of rotatable bonds is 6. The van der Waals surface area contributed by atoms with Crippen LogP contribution in [-0.2, 0) is 0 Å². The molecule has 0 unspecified atom stereocenters. The van der Waals surface area contributed by atoms with Gasteiger partial charge in [0.2, 0.25) is 0 Å². The molecule has 170 valence electrons. The Kier molecular flexibility index (Phi) is 6.70. The molecule has 0 bridgehead atoms. The normalized spacial score (nSPS) is 14.3. The molecule has 0 radical (unpaired) electrons. The third kappa shape index (κ3) is 4.88. The number of amides is 1. The lowest BCUT2D eigenvalue weighted by Gasteiger charge is -2.40. The van der Waals surface area contributed by atoms with Crippen molar-refractivity contribution in [2.75, 3.05) is 45.2 Å². The zero-order chi connectivity index (χ0) is 23.4. The van der Waals surface area contributed by atoms with Gasteiger partial charge < -0.3 is 9.80 Å². The molecule has 0 spiro atoms. The molecule has 0 aromatic heterocycles. The average molecular weight is 445 g/mol. The lowest BCUT2D eigenvalue weighted by atomic mass is 9.96. The van der Waals surface area contributed by atoms with E-state index in [4.69, 9.17) is 0 Å². The van der Waals surface area contributed by atoms with Crippen LogP contribution in [0.5, 0.6) is 0 Å². The molecule has 0 saturated carbocycles. The molecule has 1 heterocycles. The zero-order valence-electron chi connectivity index (χ0n) is 18.9. The van der Waals surface area contributed by atoms with Crippen LogP contribution in [0, 0.1) is 10.1 Å². The van der Waals surface area contributed by atoms with E-state index in [0.717, 1.165) is 0 Å². The number of anilines is 1. The van der Waals surface area contributed by atoms with Crippen molar-refractivity contribution in [3.8, 4) is 0 Å². The van der Waals surface area contributed by atoms with E-state index < -0.39 is 4.92 Å². The van der Waals surface area contributed by atoms with Gasteiger partial charge in [-0.25, -0.2) is 0 Å². The minimum absolute atomic E-state index is 0.0733. The van der Waals surface area contributed by atoms with E-state index in [-0.39, 0.29) is 17.6 Å². The maximum absolute atomic E-state index is 13.4. The predicted octanol–water partition coefficient (Wildman–Crippen LogP) is 4.21. The first kappa shape index (κ1) is 22.5. The van der Waals surface area contributed by atoms with Crippen LogP contribution in [-0.4, -0.2) is 60.9 Å². The van der Waals surface area contributed by atoms with E-state index in [9.17, 15) is 14.9 Å². The fraction of sp³-hybridized carbons (Fsp3) is 0.269. The second-order valence-corrected chi connectivity index (χ2v) is 8.41. The highest BCUT2D eigenvalue weighted by Crippen LogP contribution is 2.31. The molecule has 33 heavy (non-hydrogen) atoms. The summed E-state index contributed by atoms with van der Waals surface area (Å²) < 4.78 is 0. The van der Waals surface area contributed by atoms with Crippen molar-refractivity contribution >= 4 is 17.3 Å².